The molecule has 0 aliphatic rings. The van der Waals surface area contributed by atoms with E-state index in [1.54, 1.807) is 6.07 Å². The summed E-state index contributed by atoms with van der Waals surface area (Å²) in [4.78, 5) is 0. The second kappa shape index (κ2) is 5.61. The van der Waals surface area contributed by atoms with Gasteiger partial charge in [-0.1, -0.05) is 25.6 Å². The zero-order valence-corrected chi connectivity index (χ0v) is 9.30. The maximum Gasteiger partial charge on any atom is 0.573 e. The highest BCUT2D eigenvalue weighted by atomic mass is 19.4. The van der Waals surface area contributed by atoms with Crippen molar-refractivity contribution in [3.8, 4) is 11.5 Å². The van der Waals surface area contributed by atoms with Crippen LogP contribution in [0.2, 0.25) is 0 Å². The van der Waals surface area contributed by atoms with Crippen LogP contribution in [0.25, 0.3) is 0 Å². The van der Waals surface area contributed by atoms with E-state index in [4.69, 9.17) is 4.74 Å². The fourth-order valence-corrected chi connectivity index (χ4v) is 1.20. The first-order valence-corrected chi connectivity index (χ1v) is 5.02. The summed E-state index contributed by atoms with van der Waals surface area (Å²) in [6, 6.07) is 4.40. The molecule has 0 saturated carbocycles. The first-order chi connectivity index (χ1) is 7.98. The van der Waals surface area contributed by atoms with E-state index in [1.807, 2.05) is 6.92 Å². The number of hydrogen-bond acceptors (Lipinski definition) is 2. The van der Waals surface area contributed by atoms with Crippen molar-refractivity contribution in [1.29, 1.82) is 0 Å². The maximum atomic E-state index is 12.2. The summed E-state index contributed by atoms with van der Waals surface area (Å²) < 4.78 is 45.8. The van der Waals surface area contributed by atoms with Crippen LogP contribution in [0.1, 0.15) is 18.9 Å². The lowest BCUT2D eigenvalue weighted by Gasteiger charge is -2.15. The van der Waals surface area contributed by atoms with Gasteiger partial charge in [0.25, 0.3) is 0 Å². The van der Waals surface area contributed by atoms with Gasteiger partial charge in [0.15, 0.2) is 11.5 Å². The molecule has 93 valence electrons. The molecular formula is C12H12F3O2. The van der Waals surface area contributed by atoms with Gasteiger partial charge in [0.05, 0.1) is 6.61 Å². The second-order valence-corrected chi connectivity index (χ2v) is 3.21. The molecule has 1 aromatic rings. The van der Waals surface area contributed by atoms with E-state index >= 15 is 0 Å². The van der Waals surface area contributed by atoms with E-state index in [1.165, 1.54) is 12.1 Å². The fraction of sp³-hybridized carbons (Fsp3) is 0.333. The first kappa shape index (κ1) is 13.4. The predicted octanol–water partition coefficient (Wildman–Crippen LogP) is 3.71. The number of ether oxygens (including phenoxy) is 2. The van der Waals surface area contributed by atoms with Gasteiger partial charge in [-0.05, 0) is 18.6 Å². The molecule has 17 heavy (non-hydrogen) atoms. The average molecular weight is 245 g/mol. The summed E-state index contributed by atoms with van der Waals surface area (Å²) in [6.07, 6.45) is -1.70. The molecule has 0 saturated heterocycles. The fourth-order valence-electron chi connectivity index (χ4n) is 1.20. The summed E-state index contributed by atoms with van der Waals surface area (Å²) >= 11 is 0. The second-order valence-electron chi connectivity index (χ2n) is 3.21. The standard InChI is InChI=1S/C12H12F3O2/c1-3-8-16-10-7-5-6-9(4-2)11(10)17-12(13,14)15/h5-7H,2-3,8H2,1H3. The van der Waals surface area contributed by atoms with Crippen LogP contribution >= 0.6 is 0 Å². The lowest BCUT2D eigenvalue weighted by molar-refractivity contribution is -0.275. The number of rotatable bonds is 5. The van der Waals surface area contributed by atoms with Gasteiger partial charge in [-0.2, -0.15) is 0 Å². The molecule has 0 N–H and O–H groups in total. The maximum absolute atomic E-state index is 12.2. The molecule has 0 bridgehead atoms. The Balaban J connectivity index is 3.06. The SMILES string of the molecule is C=[C]c1cccc(OCCC)c1OC(F)(F)F. The third-order valence-corrected chi connectivity index (χ3v) is 1.85. The van der Waals surface area contributed by atoms with Crippen molar-refractivity contribution in [3.05, 3.63) is 36.4 Å². The van der Waals surface area contributed by atoms with Gasteiger partial charge in [0.2, 0.25) is 0 Å². The monoisotopic (exact) mass is 245 g/mol. The smallest absolute Gasteiger partial charge is 0.490 e. The van der Waals surface area contributed by atoms with E-state index in [9.17, 15) is 13.2 Å². The molecule has 0 spiro atoms. The van der Waals surface area contributed by atoms with Crippen LogP contribution in [-0.4, -0.2) is 13.0 Å². The molecule has 0 amide bonds. The molecule has 0 heterocycles. The largest absolute Gasteiger partial charge is 0.573 e. The van der Waals surface area contributed by atoms with Crippen LogP contribution < -0.4 is 9.47 Å². The molecule has 0 aliphatic carbocycles. The van der Waals surface area contributed by atoms with Crippen molar-refractivity contribution in [2.75, 3.05) is 6.61 Å². The van der Waals surface area contributed by atoms with Gasteiger partial charge < -0.3 is 9.47 Å². The van der Waals surface area contributed by atoms with Crippen LogP contribution in [0, 0.1) is 6.08 Å². The Labute approximate surface area is 97.7 Å². The number of hydrogen-bond donors (Lipinski definition) is 0. The van der Waals surface area contributed by atoms with Crippen molar-refractivity contribution >= 4 is 0 Å². The Kier molecular flexibility index (Phi) is 4.43. The van der Waals surface area contributed by atoms with Crippen molar-refractivity contribution in [3.63, 3.8) is 0 Å². The minimum atomic E-state index is -4.77. The number of para-hydroxylation sites is 1. The van der Waals surface area contributed by atoms with Gasteiger partial charge in [0, 0.05) is 5.56 Å². The van der Waals surface area contributed by atoms with Crippen LogP contribution in [0.4, 0.5) is 13.2 Å². The Hall–Kier alpha value is -1.65. The van der Waals surface area contributed by atoms with Crippen LogP contribution in [-0.2, 0) is 0 Å². The summed E-state index contributed by atoms with van der Waals surface area (Å²) in [6.45, 7) is 5.48. The van der Waals surface area contributed by atoms with Crippen LogP contribution in [0.5, 0.6) is 11.5 Å². The van der Waals surface area contributed by atoms with Gasteiger partial charge in [0.1, 0.15) is 0 Å². The van der Waals surface area contributed by atoms with Crippen molar-refractivity contribution in [2.45, 2.75) is 19.7 Å². The van der Waals surface area contributed by atoms with Crippen molar-refractivity contribution in [1.82, 2.24) is 0 Å². The number of benzene rings is 1. The topological polar surface area (TPSA) is 18.5 Å². The van der Waals surface area contributed by atoms with Crippen LogP contribution in [0.3, 0.4) is 0 Å². The highest BCUT2D eigenvalue weighted by molar-refractivity contribution is 5.49. The highest BCUT2D eigenvalue weighted by Crippen LogP contribution is 2.35. The summed E-state index contributed by atoms with van der Waals surface area (Å²) in [5, 5.41) is 0. The third kappa shape index (κ3) is 4.01. The van der Waals surface area contributed by atoms with Crippen LogP contribution in [0.15, 0.2) is 24.8 Å². The van der Waals surface area contributed by atoms with E-state index < -0.39 is 12.1 Å². The third-order valence-electron chi connectivity index (χ3n) is 1.85. The summed E-state index contributed by atoms with van der Waals surface area (Å²) in [5.74, 6) is -0.360. The molecule has 1 radical (unpaired) electrons. The van der Waals surface area contributed by atoms with E-state index in [2.05, 4.69) is 17.4 Å². The highest BCUT2D eigenvalue weighted by Gasteiger charge is 2.33. The molecule has 0 fully saturated rings. The molecule has 1 aromatic carbocycles. The Morgan fingerprint density at radius 3 is 2.59 bits per heavy atom. The first-order valence-electron chi connectivity index (χ1n) is 5.02. The van der Waals surface area contributed by atoms with Gasteiger partial charge >= 0.3 is 6.36 Å². The van der Waals surface area contributed by atoms with E-state index in [0.29, 0.717) is 13.0 Å². The average Bonchev–Trinajstić information content (AvgIpc) is 2.25. The molecule has 0 aromatic heterocycles. The minimum absolute atomic E-state index is 0.0397. The zero-order chi connectivity index (χ0) is 12.9. The lowest BCUT2D eigenvalue weighted by Crippen LogP contribution is -2.18. The molecule has 5 heteroatoms. The van der Waals surface area contributed by atoms with E-state index in [-0.39, 0.29) is 11.3 Å². The van der Waals surface area contributed by atoms with Gasteiger partial charge in [-0.3, -0.25) is 0 Å². The van der Waals surface area contributed by atoms with Gasteiger partial charge in [-0.25, -0.2) is 0 Å². The molecular weight excluding hydrogens is 233 g/mol. The minimum Gasteiger partial charge on any atom is -0.490 e. The van der Waals surface area contributed by atoms with Crippen molar-refractivity contribution in [2.24, 2.45) is 0 Å². The predicted molar refractivity (Wildman–Crippen MR) is 56.9 cm³/mol. The quantitative estimate of drug-likeness (QED) is 0.787. The molecule has 0 aliphatic heterocycles. The summed E-state index contributed by atoms with van der Waals surface area (Å²) in [5.41, 5.74) is 0.121. The van der Waals surface area contributed by atoms with Crippen molar-refractivity contribution < 1.29 is 22.6 Å². The molecule has 2 nitrogen and oxygen atoms in total. The zero-order valence-electron chi connectivity index (χ0n) is 9.30. The summed E-state index contributed by atoms with van der Waals surface area (Å²) in [7, 11) is 0. The normalized spacial score (nSPS) is 11.1. The Bertz CT molecular complexity index is 386. The number of alkyl halides is 3. The van der Waals surface area contributed by atoms with E-state index in [0.717, 1.165) is 0 Å². The molecule has 0 unspecified atom stereocenters. The Morgan fingerprint density at radius 2 is 2.06 bits per heavy atom. The molecule has 0 atom stereocenters. The number of halogens is 3. The Morgan fingerprint density at radius 1 is 1.35 bits per heavy atom. The lowest BCUT2D eigenvalue weighted by atomic mass is 10.2. The molecule has 1 rings (SSSR count). The van der Waals surface area contributed by atoms with Gasteiger partial charge in [-0.15, -0.1) is 13.2 Å².